The number of nitrogens with zero attached hydrogens (tertiary/aromatic N) is 1. The molecule has 2 aliphatic heterocycles. The molecule has 2 rings (SSSR count). The number of hydroxylamine groups is 2. The van der Waals surface area contributed by atoms with Gasteiger partial charge in [-0.25, -0.2) is 4.79 Å². The highest BCUT2D eigenvalue weighted by molar-refractivity contribution is 5.94. The van der Waals surface area contributed by atoms with Gasteiger partial charge >= 0.3 is 11.9 Å². The van der Waals surface area contributed by atoms with Crippen LogP contribution in [0.3, 0.4) is 0 Å². The van der Waals surface area contributed by atoms with Gasteiger partial charge in [-0.15, -0.1) is 5.06 Å². The van der Waals surface area contributed by atoms with Gasteiger partial charge in [-0.3, -0.25) is 14.4 Å². The summed E-state index contributed by atoms with van der Waals surface area (Å²) in [6, 6.07) is 0. The van der Waals surface area contributed by atoms with Crippen molar-refractivity contribution in [1.29, 1.82) is 0 Å². The van der Waals surface area contributed by atoms with E-state index in [9.17, 15) is 19.2 Å². The Morgan fingerprint density at radius 1 is 0.886 bits per heavy atom. The predicted molar refractivity (Wildman–Crippen MR) is 128 cm³/mol. The zero-order valence-corrected chi connectivity index (χ0v) is 22.7. The van der Waals surface area contributed by atoms with Gasteiger partial charge in [0.05, 0.1) is 29.7 Å². The summed E-state index contributed by atoms with van der Waals surface area (Å²) >= 11 is 0. The molecule has 3 unspecified atom stereocenters. The Bertz CT molecular complexity index is 818. The number of ketones is 2. The molecule has 35 heavy (non-hydrogen) atoms. The van der Waals surface area contributed by atoms with Gasteiger partial charge in [0.2, 0.25) is 0 Å². The molecular weight excluding hydrogens is 454 g/mol. The Balaban J connectivity index is 2.27. The molecule has 9 nitrogen and oxygen atoms in total. The van der Waals surface area contributed by atoms with Crippen LogP contribution in [0.4, 0.5) is 0 Å². The lowest BCUT2D eigenvalue weighted by molar-refractivity contribution is -0.403. The molecule has 0 aromatic carbocycles. The smallest absolute Gasteiger partial charge is 0.332 e. The van der Waals surface area contributed by atoms with Crippen molar-refractivity contribution in [2.45, 2.75) is 111 Å². The van der Waals surface area contributed by atoms with E-state index in [0.29, 0.717) is 38.9 Å². The van der Waals surface area contributed by atoms with E-state index < -0.39 is 34.2 Å². The summed E-state index contributed by atoms with van der Waals surface area (Å²) in [6.07, 6.45) is 1.94. The number of hydrogen-bond donors (Lipinski definition) is 0. The quantitative estimate of drug-likeness (QED) is 0.329. The largest absolute Gasteiger partial charge is 0.465 e. The van der Waals surface area contributed by atoms with Gasteiger partial charge in [-0.2, -0.15) is 0 Å². The van der Waals surface area contributed by atoms with Crippen LogP contribution in [-0.2, 0) is 38.2 Å². The van der Waals surface area contributed by atoms with E-state index in [1.54, 1.807) is 5.06 Å². The fourth-order valence-electron chi connectivity index (χ4n) is 5.16. The maximum atomic E-state index is 12.5. The zero-order chi connectivity index (χ0) is 26.7. The maximum Gasteiger partial charge on any atom is 0.332 e. The van der Waals surface area contributed by atoms with Crippen LogP contribution in [-0.4, -0.2) is 65.3 Å². The van der Waals surface area contributed by atoms with E-state index in [0.717, 1.165) is 0 Å². The van der Waals surface area contributed by atoms with E-state index >= 15 is 0 Å². The number of esters is 1. The lowest BCUT2D eigenvalue weighted by Crippen LogP contribution is -2.74. The fourth-order valence-corrected chi connectivity index (χ4v) is 5.16. The zero-order valence-electron chi connectivity index (χ0n) is 22.7. The molecule has 2 heterocycles. The molecule has 0 saturated carbocycles. The normalized spacial score (nSPS) is 35.5. The van der Waals surface area contributed by atoms with Crippen LogP contribution in [0.2, 0.25) is 0 Å². The molecule has 0 amide bonds. The lowest BCUT2D eigenvalue weighted by atomic mass is 9.66. The second kappa shape index (κ2) is 11.0. The number of Topliss-reactive ketones (excluding diaryl/α,β-unsaturated/α-hetero) is 2. The highest BCUT2D eigenvalue weighted by atomic mass is 16.7. The molecule has 0 aromatic heterocycles. The van der Waals surface area contributed by atoms with E-state index in [4.69, 9.17) is 19.0 Å². The van der Waals surface area contributed by atoms with E-state index in [1.165, 1.54) is 13.8 Å². The minimum atomic E-state index is -0.916. The first kappa shape index (κ1) is 29.4. The molecule has 200 valence electrons. The van der Waals surface area contributed by atoms with Crippen molar-refractivity contribution in [2.24, 2.45) is 11.3 Å². The Morgan fingerprint density at radius 3 is 1.89 bits per heavy atom. The summed E-state index contributed by atoms with van der Waals surface area (Å²) in [6.45, 7) is 15.7. The number of hydrogen-bond acceptors (Lipinski definition) is 9. The third kappa shape index (κ3) is 6.12. The molecule has 9 heteroatoms. The Morgan fingerprint density at radius 2 is 1.43 bits per heavy atom. The molecule has 0 aromatic rings. The topological polar surface area (TPSA) is 108 Å². The van der Waals surface area contributed by atoms with Crippen molar-refractivity contribution < 1.29 is 38.2 Å². The van der Waals surface area contributed by atoms with Gasteiger partial charge in [0.25, 0.3) is 0 Å². The summed E-state index contributed by atoms with van der Waals surface area (Å²) in [5.41, 5.74) is -1.72. The molecule has 1 spiro atoms. The van der Waals surface area contributed by atoms with Gasteiger partial charge in [0.1, 0.15) is 31.0 Å². The number of ether oxygens (including phenoxy) is 3. The second-order valence-electron chi connectivity index (χ2n) is 10.9. The van der Waals surface area contributed by atoms with Crippen LogP contribution in [0.5, 0.6) is 0 Å². The Labute approximate surface area is 209 Å². The van der Waals surface area contributed by atoms with Gasteiger partial charge < -0.3 is 19.0 Å². The first-order valence-corrected chi connectivity index (χ1v) is 12.6. The lowest BCUT2D eigenvalue weighted by Gasteiger charge is -2.63. The third-order valence-corrected chi connectivity index (χ3v) is 8.17. The minimum absolute atomic E-state index is 0.116. The fraction of sp³-hybridized carbons (Fsp3) is 0.846. The van der Waals surface area contributed by atoms with Gasteiger partial charge in [0, 0.05) is 12.3 Å². The van der Waals surface area contributed by atoms with Gasteiger partial charge in [-0.1, -0.05) is 27.7 Å². The van der Waals surface area contributed by atoms with Crippen molar-refractivity contribution in [3.05, 3.63) is 0 Å². The highest BCUT2D eigenvalue weighted by Gasteiger charge is 2.64. The standard InChI is InChI=1S/C26H43NO8/c1-9-23(7)14-26(20(6)24(8,10-2)27(23)35-22(31)13-19(5)29)33-16-25(11-3,17-34-26)15-32-21(30)12-18(4)28/h20H,9-17H2,1-8H3. The first-order valence-electron chi connectivity index (χ1n) is 12.6. The third-order valence-electron chi connectivity index (χ3n) is 8.17. The summed E-state index contributed by atoms with van der Waals surface area (Å²) in [5.74, 6) is -2.69. The number of carbonyl (C=O) groups is 4. The number of carbonyl (C=O) groups excluding carboxylic acids is 4. The Kier molecular flexibility index (Phi) is 9.28. The Hall–Kier alpha value is -1.84. The van der Waals surface area contributed by atoms with E-state index in [-0.39, 0.29) is 36.9 Å². The second-order valence-corrected chi connectivity index (χ2v) is 10.9. The molecule has 3 atom stereocenters. The number of piperidine rings is 1. The molecule has 0 aliphatic carbocycles. The molecule has 2 fully saturated rings. The minimum Gasteiger partial charge on any atom is -0.465 e. The van der Waals surface area contributed by atoms with Crippen molar-refractivity contribution >= 4 is 23.5 Å². The summed E-state index contributed by atoms with van der Waals surface area (Å²) in [7, 11) is 0. The van der Waals surface area contributed by atoms with Crippen molar-refractivity contribution in [1.82, 2.24) is 5.06 Å². The van der Waals surface area contributed by atoms with E-state index in [1.807, 2.05) is 41.5 Å². The number of rotatable bonds is 10. The van der Waals surface area contributed by atoms with Crippen LogP contribution in [0.1, 0.15) is 93.9 Å². The molecular formula is C26H43NO8. The molecule has 2 saturated heterocycles. The predicted octanol–water partition coefficient (Wildman–Crippen LogP) is 3.76. The molecule has 0 bridgehead atoms. The van der Waals surface area contributed by atoms with E-state index in [2.05, 4.69) is 0 Å². The summed E-state index contributed by atoms with van der Waals surface area (Å²) in [4.78, 5) is 53.0. The van der Waals surface area contributed by atoms with Crippen LogP contribution >= 0.6 is 0 Å². The van der Waals surface area contributed by atoms with Crippen LogP contribution in [0, 0.1) is 11.3 Å². The first-order chi connectivity index (χ1) is 16.2. The highest BCUT2D eigenvalue weighted by Crippen LogP contribution is 2.54. The van der Waals surface area contributed by atoms with Crippen LogP contribution in [0.15, 0.2) is 0 Å². The van der Waals surface area contributed by atoms with Crippen LogP contribution in [0.25, 0.3) is 0 Å². The molecule has 0 radical (unpaired) electrons. The molecule has 2 aliphatic rings. The van der Waals surface area contributed by atoms with Crippen molar-refractivity contribution in [2.75, 3.05) is 19.8 Å². The van der Waals surface area contributed by atoms with Gasteiger partial charge in [-0.05, 0) is 47.0 Å². The summed E-state index contributed by atoms with van der Waals surface area (Å²) in [5, 5.41) is 1.78. The van der Waals surface area contributed by atoms with Crippen LogP contribution < -0.4 is 0 Å². The van der Waals surface area contributed by atoms with Crippen molar-refractivity contribution in [3.63, 3.8) is 0 Å². The summed E-state index contributed by atoms with van der Waals surface area (Å²) < 4.78 is 18.5. The molecule has 0 N–H and O–H groups in total. The average Bonchev–Trinajstić information content (AvgIpc) is 2.79. The SMILES string of the molecule is CCC1(COC(=O)CC(C)=O)COC2(CC(C)(CC)N(OC(=O)CC(C)=O)C(C)(CC)C2C)OC1. The monoisotopic (exact) mass is 497 g/mol. The maximum absolute atomic E-state index is 12.5. The van der Waals surface area contributed by atoms with Crippen molar-refractivity contribution in [3.8, 4) is 0 Å². The average molecular weight is 498 g/mol. The van der Waals surface area contributed by atoms with Gasteiger partial charge in [0.15, 0.2) is 5.79 Å².